The number of hydrogen-bond acceptors (Lipinski definition) is 4. The van der Waals surface area contributed by atoms with Crippen LogP contribution in [0.5, 0.6) is 0 Å². The predicted molar refractivity (Wildman–Crippen MR) is 114 cm³/mol. The number of piperidine rings is 1. The van der Waals surface area contributed by atoms with Crippen LogP contribution in [-0.4, -0.2) is 42.1 Å². The Labute approximate surface area is 172 Å². The summed E-state index contributed by atoms with van der Waals surface area (Å²) in [5.74, 6) is 0.717. The molecule has 3 aliphatic heterocycles. The van der Waals surface area contributed by atoms with E-state index in [1.165, 1.54) is 42.6 Å². The fourth-order valence-corrected chi connectivity index (χ4v) is 5.24. The molecule has 2 fully saturated rings. The Hall–Kier alpha value is -1.43. The van der Waals surface area contributed by atoms with Crippen molar-refractivity contribution in [1.29, 1.82) is 0 Å². The van der Waals surface area contributed by atoms with Gasteiger partial charge in [-0.25, -0.2) is 10.9 Å². The van der Waals surface area contributed by atoms with Crippen molar-refractivity contribution in [3.05, 3.63) is 70.2 Å². The maximum Gasteiger partial charge on any atom is 0.100 e. The molecule has 0 spiro atoms. The van der Waals surface area contributed by atoms with Crippen LogP contribution in [0.25, 0.3) is 0 Å². The Balaban J connectivity index is 1.15. The van der Waals surface area contributed by atoms with Crippen molar-refractivity contribution in [2.75, 3.05) is 26.2 Å². The molecule has 5 heteroatoms. The zero-order valence-electron chi connectivity index (χ0n) is 16.3. The molecule has 0 aliphatic carbocycles. The first-order chi connectivity index (χ1) is 13.8. The van der Waals surface area contributed by atoms with Gasteiger partial charge in [-0.15, -0.1) is 0 Å². The highest BCUT2D eigenvalue weighted by Gasteiger charge is 2.41. The normalized spacial score (nSPS) is 26.2. The highest BCUT2D eigenvalue weighted by atomic mass is 35.5. The maximum absolute atomic E-state index is 5.99. The van der Waals surface area contributed by atoms with Crippen LogP contribution in [0.3, 0.4) is 0 Å². The van der Waals surface area contributed by atoms with Crippen LogP contribution in [0.2, 0.25) is 5.02 Å². The van der Waals surface area contributed by atoms with E-state index in [9.17, 15) is 0 Å². The molecule has 5 rings (SSSR count). The summed E-state index contributed by atoms with van der Waals surface area (Å²) in [5.41, 5.74) is 11.5. The summed E-state index contributed by atoms with van der Waals surface area (Å²) in [6.07, 6.45) is 5.59. The van der Waals surface area contributed by atoms with Gasteiger partial charge in [-0.05, 0) is 73.5 Å². The van der Waals surface area contributed by atoms with Gasteiger partial charge in [0.1, 0.15) is 6.17 Å². The Bertz CT molecular complexity index is 801. The second kappa shape index (κ2) is 8.13. The lowest BCUT2D eigenvalue weighted by Gasteiger charge is -2.40. The zero-order chi connectivity index (χ0) is 18.9. The van der Waals surface area contributed by atoms with Crippen molar-refractivity contribution >= 4 is 11.6 Å². The Morgan fingerprint density at radius 1 is 0.929 bits per heavy atom. The second-order valence-corrected chi connectivity index (χ2v) is 8.81. The molecule has 2 atom stereocenters. The first kappa shape index (κ1) is 18.6. The van der Waals surface area contributed by atoms with E-state index in [2.05, 4.69) is 57.0 Å². The molecule has 2 saturated heterocycles. The number of likely N-dealkylation sites (tertiary alicyclic amines) is 1. The molecular weight excluding hydrogens is 368 g/mol. The molecular formula is C23H29ClN4. The molecule has 0 aromatic heterocycles. The molecule has 3 aliphatic rings. The standard InChI is InChI=1S/C23H29ClN4/c24-20-7-5-17(6-8-20)9-13-27-14-10-19(11-15-27)22-25-26-23-21-4-2-1-3-18(21)12-16-28(22)23/h1-8,19,22-23,25-26H,9-16H2. The average molecular weight is 397 g/mol. The van der Waals surface area contributed by atoms with Crippen molar-refractivity contribution in [3.63, 3.8) is 0 Å². The summed E-state index contributed by atoms with van der Waals surface area (Å²) in [7, 11) is 0. The summed E-state index contributed by atoms with van der Waals surface area (Å²) in [4.78, 5) is 5.27. The van der Waals surface area contributed by atoms with E-state index in [-0.39, 0.29) is 0 Å². The van der Waals surface area contributed by atoms with Crippen LogP contribution in [0.1, 0.15) is 35.7 Å². The Morgan fingerprint density at radius 2 is 1.71 bits per heavy atom. The molecule has 4 nitrogen and oxygen atoms in total. The third-order valence-electron chi connectivity index (χ3n) is 6.75. The van der Waals surface area contributed by atoms with E-state index >= 15 is 0 Å². The SMILES string of the molecule is Clc1ccc(CCN2CCC(C3NNC4c5ccccc5CCN43)CC2)cc1. The molecule has 3 heterocycles. The number of halogens is 1. The quantitative estimate of drug-likeness (QED) is 0.826. The summed E-state index contributed by atoms with van der Waals surface area (Å²) < 4.78 is 0. The first-order valence-electron chi connectivity index (χ1n) is 10.6. The Morgan fingerprint density at radius 3 is 2.54 bits per heavy atom. The van der Waals surface area contributed by atoms with Crippen LogP contribution in [0.4, 0.5) is 0 Å². The van der Waals surface area contributed by atoms with Crippen LogP contribution < -0.4 is 10.9 Å². The lowest BCUT2D eigenvalue weighted by molar-refractivity contribution is 0.0817. The molecule has 2 aromatic carbocycles. The van der Waals surface area contributed by atoms with Crippen molar-refractivity contribution in [1.82, 2.24) is 20.7 Å². The molecule has 0 bridgehead atoms. The van der Waals surface area contributed by atoms with Gasteiger partial charge in [0.15, 0.2) is 0 Å². The second-order valence-electron chi connectivity index (χ2n) is 8.38. The van der Waals surface area contributed by atoms with Gasteiger partial charge >= 0.3 is 0 Å². The number of fused-ring (bicyclic) bond motifs is 3. The summed E-state index contributed by atoms with van der Waals surface area (Å²) in [6, 6.07) is 17.2. The van der Waals surface area contributed by atoms with E-state index in [4.69, 9.17) is 11.6 Å². The molecule has 0 amide bonds. The lowest BCUT2D eigenvalue weighted by Crippen LogP contribution is -2.49. The molecule has 2 aromatic rings. The minimum Gasteiger partial charge on any atom is -0.303 e. The van der Waals surface area contributed by atoms with Crippen molar-refractivity contribution in [2.24, 2.45) is 5.92 Å². The number of nitrogens with one attached hydrogen (secondary N) is 2. The van der Waals surface area contributed by atoms with Gasteiger partial charge in [0.25, 0.3) is 0 Å². The van der Waals surface area contributed by atoms with Gasteiger partial charge in [-0.2, -0.15) is 0 Å². The Kier molecular flexibility index (Phi) is 5.40. The molecule has 2 unspecified atom stereocenters. The van der Waals surface area contributed by atoms with Gasteiger partial charge in [0.2, 0.25) is 0 Å². The number of rotatable bonds is 4. The van der Waals surface area contributed by atoms with Gasteiger partial charge in [0, 0.05) is 18.1 Å². The smallest absolute Gasteiger partial charge is 0.100 e. The summed E-state index contributed by atoms with van der Waals surface area (Å²) in [5, 5.41) is 0.820. The fraction of sp³-hybridized carbons (Fsp3) is 0.478. The molecule has 0 saturated carbocycles. The highest BCUT2D eigenvalue weighted by Crippen LogP contribution is 2.35. The number of hydrogen-bond donors (Lipinski definition) is 2. The number of nitrogens with zero attached hydrogens (tertiary/aromatic N) is 2. The van der Waals surface area contributed by atoms with Crippen molar-refractivity contribution in [3.8, 4) is 0 Å². The van der Waals surface area contributed by atoms with E-state index in [0.29, 0.717) is 12.3 Å². The van der Waals surface area contributed by atoms with E-state index in [1.54, 1.807) is 0 Å². The topological polar surface area (TPSA) is 30.5 Å². The van der Waals surface area contributed by atoms with Gasteiger partial charge in [-0.3, -0.25) is 4.90 Å². The van der Waals surface area contributed by atoms with Gasteiger partial charge in [0.05, 0.1) is 6.17 Å². The minimum absolute atomic E-state index is 0.331. The molecule has 2 N–H and O–H groups in total. The van der Waals surface area contributed by atoms with Crippen molar-refractivity contribution < 1.29 is 0 Å². The van der Waals surface area contributed by atoms with Crippen LogP contribution in [0, 0.1) is 5.92 Å². The molecule has 28 heavy (non-hydrogen) atoms. The van der Waals surface area contributed by atoms with Crippen LogP contribution >= 0.6 is 11.6 Å². The number of hydrazine groups is 1. The fourth-order valence-electron chi connectivity index (χ4n) is 5.11. The first-order valence-corrected chi connectivity index (χ1v) is 11.0. The van der Waals surface area contributed by atoms with E-state index in [0.717, 1.165) is 36.9 Å². The minimum atomic E-state index is 0.331. The third kappa shape index (κ3) is 3.72. The predicted octanol–water partition coefficient (Wildman–Crippen LogP) is 3.59. The van der Waals surface area contributed by atoms with Crippen LogP contribution in [0.15, 0.2) is 48.5 Å². The molecule has 0 radical (unpaired) electrons. The summed E-state index contributed by atoms with van der Waals surface area (Å²) >= 11 is 5.99. The van der Waals surface area contributed by atoms with E-state index in [1.807, 2.05) is 12.1 Å². The van der Waals surface area contributed by atoms with Crippen LogP contribution in [-0.2, 0) is 12.8 Å². The van der Waals surface area contributed by atoms with Gasteiger partial charge in [-0.1, -0.05) is 48.0 Å². The van der Waals surface area contributed by atoms with E-state index < -0.39 is 0 Å². The largest absolute Gasteiger partial charge is 0.303 e. The lowest BCUT2D eigenvalue weighted by atomic mass is 9.90. The highest BCUT2D eigenvalue weighted by molar-refractivity contribution is 6.30. The zero-order valence-corrected chi connectivity index (χ0v) is 17.0. The monoisotopic (exact) mass is 396 g/mol. The maximum atomic E-state index is 5.99. The van der Waals surface area contributed by atoms with Crippen molar-refractivity contribution in [2.45, 2.75) is 38.0 Å². The average Bonchev–Trinajstić information content (AvgIpc) is 3.18. The number of benzene rings is 2. The summed E-state index contributed by atoms with van der Waals surface area (Å²) in [6.45, 7) is 4.69. The van der Waals surface area contributed by atoms with Gasteiger partial charge < -0.3 is 4.90 Å². The molecule has 148 valence electrons. The third-order valence-corrected chi connectivity index (χ3v) is 7.01.